The van der Waals surface area contributed by atoms with Crippen LogP contribution in [0.25, 0.3) is 80.9 Å². The third kappa shape index (κ3) is 32.7. The quantitative estimate of drug-likeness (QED) is 0.0119. The molecule has 0 amide bonds. The van der Waals surface area contributed by atoms with E-state index in [0.29, 0.717) is 63.2 Å². The Morgan fingerprint density at radius 1 is 0.473 bits per heavy atom. The fraction of sp³-hybridized carbons (Fsp3) is 0.500. The van der Waals surface area contributed by atoms with Crippen LogP contribution in [0, 0.1) is 42.4 Å². The maximum Gasteiger partial charge on any atom is 0.495 e. The third-order valence-electron chi connectivity index (χ3n) is 27.1. The zero-order valence-electron chi connectivity index (χ0n) is 91.4. The molecule has 0 saturated carbocycles. The minimum absolute atomic E-state index is 0.0100. The number of hydrogen-bond donors (Lipinski definition) is 3. The van der Waals surface area contributed by atoms with Crippen LogP contribution in [-0.4, -0.2) is 241 Å². The summed E-state index contributed by atoms with van der Waals surface area (Å²) < 4.78 is 122. The van der Waals surface area contributed by atoms with E-state index in [0.717, 1.165) is 136 Å². The average Bonchev–Trinajstić information content (AvgIpc) is 1.68. The molecule has 0 radical (unpaired) electrons. The van der Waals surface area contributed by atoms with E-state index in [2.05, 4.69) is 228 Å². The first-order chi connectivity index (χ1) is 70.1. The smallest absolute Gasteiger partial charge is 0.405 e. The number of sulfonamides is 2. The van der Waals surface area contributed by atoms with Crippen molar-refractivity contribution in [3.05, 3.63) is 212 Å². The predicted octanol–water partition coefficient (Wildman–Crippen LogP) is 23.6. The molecule has 5 aliphatic heterocycles. The zero-order valence-corrected chi connectivity index (χ0v) is 102. The van der Waals surface area contributed by atoms with Crippen LogP contribution in [0.5, 0.6) is 0 Å². The summed E-state index contributed by atoms with van der Waals surface area (Å²) in [5.74, 6) is 1.64. The molecule has 46 heteroatoms. The molecule has 5 saturated heterocycles. The molecule has 0 aliphatic carbocycles. The molecule has 150 heavy (non-hydrogen) atoms. The van der Waals surface area contributed by atoms with Gasteiger partial charge in [0.2, 0.25) is 37.5 Å². The Morgan fingerprint density at radius 2 is 0.847 bits per heavy atom. The number of ether oxygens (including phenoxy) is 4. The van der Waals surface area contributed by atoms with Crippen LogP contribution in [0.15, 0.2) is 172 Å². The van der Waals surface area contributed by atoms with Crippen LogP contribution in [-0.2, 0) is 99.4 Å². The Morgan fingerprint density at radius 3 is 1.21 bits per heavy atom. The maximum absolute atomic E-state index is 12.3. The first-order valence-electron chi connectivity index (χ1n) is 50.0. The Bertz CT molecular complexity index is 7020. The summed E-state index contributed by atoms with van der Waals surface area (Å²) in [5.41, 5.74) is 7.03. The monoisotopic (exact) mass is 2350 g/mol. The highest BCUT2D eigenvalue weighted by atomic mass is 79.9. The lowest BCUT2D eigenvalue weighted by Gasteiger charge is -2.46. The first kappa shape index (κ1) is 122. The molecule has 17 heterocycles. The maximum atomic E-state index is 12.3. The number of halogens is 3. The van der Waals surface area contributed by atoms with E-state index >= 15 is 0 Å². The molecule has 5 fully saturated rings. The Hall–Kier alpha value is -9.34. The summed E-state index contributed by atoms with van der Waals surface area (Å²) in [5, 5.41) is 22.0. The fourth-order valence-corrected chi connectivity index (χ4v) is 22.1. The number of rotatable bonds is 31. The SMILES string of the molecule is CC1(C)OB(B2OC(C)(C)C(C)(C)O2)OC1(C)C.CC1(C)OB(c2ccnc3c2ccn3COCC[Si](C)(C)C)OC1(C)C.CCS(=O)(=O)N1CC(=CC#N)C1.C[Si](C)(C)CCOCn1ccc2c(Br)ccnc21.O=Cc1cc(Br)c[nH]1.[C-]#[N+]c1cc(-c2ccnc3c2ccn3COCC[Si](C)(C)C)c[nH]1.[C-]#[N+]c1cc(-c2ccnc3c2ccn3COCC[Si](C)(C)C)cn1C1(CC#N)CN(S(=O)(=O)CC)C1.[C-]#[N+]c1cc(Br)c[nH]1. The molecule has 0 aromatic carbocycles. The first-order valence-corrected chi connectivity index (χ1v) is 70.4. The summed E-state index contributed by atoms with van der Waals surface area (Å²) >= 11 is 9.91. The highest BCUT2D eigenvalue weighted by molar-refractivity contribution is 9.11. The topological polar surface area (TPSA) is 368 Å². The van der Waals surface area contributed by atoms with Crippen molar-refractivity contribution >= 4 is 195 Å². The molecule has 0 unspecified atom stereocenters. The second kappa shape index (κ2) is 51.4. The van der Waals surface area contributed by atoms with Crippen molar-refractivity contribution in [2.24, 2.45) is 0 Å². The summed E-state index contributed by atoms with van der Waals surface area (Å²) in [6.45, 7) is 83.6. The van der Waals surface area contributed by atoms with Crippen LogP contribution >= 0.6 is 47.8 Å². The molecular formula is C104H145B3Br3N19O15S2Si4. The number of carbonyl (C=O) groups excluding carboxylic acids is 1. The molecule has 3 N–H and O–H groups in total. The Kier molecular flexibility index (Phi) is 41.9. The molecule has 12 aromatic rings. The van der Waals surface area contributed by atoms with Gasteiger partial charge in [-0.1, -0.05) is 98.3 Å². The molecule has 0 bridgehead atoms. The van der Waals surface area contributed by atoms with Crippen LogP contribution in [0.2, 0.25) is 103 Å². The van der Waals surface area contributed by atoms with Gasteiger partial charge in [-0.05, 0) is 264 Å². The van der Waals surface area contributed by atoms with Crippen LogP contribution in [0.3, 0.4) is 0 Å². The van der Waals surface area contributed by atoms with Gasteiger partial charge in [0, 0.05) is 180 Å². The molecule has 34 nitrogen and oxygen atoms in total. The second-order valence-corrected chi connectivity index (χ2v) is 74.9. The van der Waals surface area contributed by atoms with Gasteiger partial charge in [-0.3, -0.25) is 9.36 Å². The van der Waals surface area contributed by atoms with Gasteiger partial charge in [-0.2, -0.15) is 19.1 Å². The number of H-pyrrole nitrogens is 3. The van der Waals surface area contributed by atoms with E-state index in [-0.39, 0.29) is 71.7 Å². The van der Waals surface area contributed by atoms with Gasteiger partial charge >= 0.3 is 21.1 Å². The number of pyridine rings is 4. The number of nitrogens with one attached hydrogen (secondary N) is 3. The molecule has 804 valence electrons. The summed E-state index contributed by atoms with van der Waals surface area (Å²) in [4.78, 5) is 46.7. The zero-order chi connectivity index (χ0) is 111. The number of aldehydes is 1. The number of aromatic amines is 3. The molecule has 0 atom stereocenters. The fourth-order valence-electron chi connectivity index (χ4n) is 15.6. The minimum atomic E-state index is -3.36. The van der Waals surface area contributed by atoms with E-state index in [1.165, 1.54) is 26.8 Å². The van der Waals surface area contributed by atoms with Gasteiger partial charge in [-0.25, -0.2) is 36.8 Å². The standard InChI is InChI=1S/C25H32N6O3SSi.C19H31BN2O3Si.C18H22N4OSi.C13H19BrN2OSi.C12H24B2O4.C7H10N2O2S.C5H3BrN2.C5H4BrNO/c1-6-35(32,33)30-17-25(18-30,9-10-26)31-16-20(15-23(31)27-2)21-7-11-28-24-22(21)8-12-29(24)19-34-13-14-36(3,4)5;1-18(2)19(3,4)25-20(24-18)16-8-10-21-17-15(16)9-11-22(17)14-23-12-13-26(5,6)7;1-19-17-11-14(12-21-17)15-5-7-20-18-16(15)6-8-22(18)13-23-9-10-24(2,3)4;1-18(2,3)9-8-17-10-16-7-5-11-12(14)4-6-15-13(11)16;1-9(2)10(3,4)16-13(15-9)14-17-11(5,6)12(7,8)18-14;1-2-12(10,11)9-5-7(6-9)3-4-8;1-7-5-2-4(6)3-8-5;6-4-1-5(3-8)7-2-4/h7-8,11-12,15-16H,6,9,13-14,17-19H2,1,3-5H3;8-11H,12-14H2,1-7H3;5-8,11-12,21H,9-10,13H2,2-4H3;4-7H,8-10H2,1-3H3;1-8H3;3H,2,5-6H2,1H3;2-3,8H;1-3,7H. The highest BCUT2D eigenvalue weighted by Gasteiger charge is 2.64. The molecule has 0 spiro atoms. The number of hydrogen-bond acceptors (Lipinski definition) is 21. The van der Waals surface area contributed by atoms with Gasteiger partial charge in [0.15, 0.2) is 6.29 Å². The largest absolute Gasteiger partial charge is 0.495 e. The van der Waals surface area contributed by atoms with Crippen molar-refractivity contribution in [2.75, 3.05) is 64.1 Å². The lowest BCUT2D eigenvalue weighted by molar-refractivity contribution is 0.00578. The van der Waals surface area contributed by atoms with E-state index in [1.54, 1.807) is 61.4 Å². The third-order valence-corrected chi connectivity index (χ3v) is 39.1. The van der Waals surface area contributed by atoms with Crippen molar-refractivity contribution in [1.82, 2.24) is 66.3 Å². The number of fused-ring (bicyclic) bond motifs is 4. The van der Waals surface area contributed by atoms with Crippen LogP contribution < -0.4 is 5.46 Å². The van der Waals surface area contributed by atoms with Gasteiger partial charge in [0.1, 0.15) is 55.1 Å². The number of nitrogens with zero attached hydrogens (tertiary/aromatic N) is 16. The van der Waals surface area contributed by atoms with E-state index in [9.17, 15) is 26.9 Å². The summed E-state index contributed by atoms with van der Waals surface area (Å²) in [6, 6.07) is 31.8. The normalized spacial score (nSPS) is 16.8. The average molecular weight is 2350 g/mol. The van der Waals surface area contributed by atoms with E-state index < -0.39 is 71.9 Å². The molecule has 12 aromatic heterocycles. The van der Waals surface area contributed by atoms with Crippen molar-refractivity contribution in [2.45, 2.75) is 272 Å². The molecule has 5 aliphatic rings. The van der Waals surface area contributed by atoms with Crippen molar-refractivity contribution in [3.8, 4) is 34.4 Å². The van der Waals surface area contributed by atoms with Crippen LogP contribution in [0.1, 0.15) is 114 Å². The Balaban J connectivity index is 0.000000182. The van der Waals surface area contributed by atoms with E-state index in [1.807, 2.05) is 166 Å². The number of aromatic nitrogens is 12. The summed E-state index contributed by atoms with van der Waals surface area (Å²) in [7, 11) is -12.0. The van der Waals surface area contributed by atoms with Crippen molar-refractivity contribution < 1.29 is 68.5 Å². The minimum Gasteiger partial charge on any atom is -0.405 e. The van der Waals surface area contributed by atoms with E-state index in [4.69, 9.17) is 71.9 Å². The predicted molar refractivity (Wildman–Crippen MR) is 619 cm³/mol. The van der Waals surface area contributed by atoms with Gasteiger partial charge in [0.25, 0.3) is 0 Å². The van der Waals surface area contributed by atoms with Gasteiger partial charge in [-0.15, -0.1) is 0 Å². The van der Waals surface area contributed by atoms with Crippen molar-refractivity contribution in [1.29, 1.82) is 10.5 Å². The lowest BCUT2D eigenvalue weighted by Crippen LogP contribution is -2.63. The highest BCUT2D eigenvalue weighted by Crippen LogP contribution is 2.46. The molecular weight excluding hydrogens is 2200 g/mol. The molecule has 17 rings (SSSR count). The van der Waals surface area contributed by atoms with Crippen LogP contribution in [0.4, 0.5) is 17.5 Å². The number of carbonyl (C=O) groups is 1. The van der Waals surface area contributed by atoms with Gasteiger partial charge in [0.05, 0.1) is 101 Å². The van der Waals surface area contributed by atoms with Crippen molar-refractivity contribution in [3.63, 3.8) is 0 Å². The summed E-state index contributed by atoms with van der Waals surface area (Å²) in [6.07, 6.45) is 24.7. The number of allylic oxidation sites excluding steroid dienone is 1. The van der Waals surface area contributed by atoms with Gasteiger partial charge < -0.3 is 94.6 Å². The lowest BCUT2D eigenvalue weighted by atomic mass is 9.49. The number of nitriles is 2. The Labute approximate surface area is 915 Å². The second-order valence-electron chi connectivity index (χ2n) is 45.2.